The molecule has 26 heavy (non-hydrogen) atoms. The van der Waals surface area contributed by atoms with Gasteiger partial charge in [-0.1, -0.05) is 53.5 Å². The highest BCUT2D eigenvalue weighted by molar-refractivity contribution is 6.36. The van der Waals surface area contributed by atoms with Crippen LogP contribution in [-0.4, -0.2) is 38.1 Å². The minimum absolute atomic E-state index is 0.230. The number of rotatable bonds is 8. The van der Waals surface area contributed by atoms with Crippen LogP contribution in [0, 0.1) is 0 Å². The number of halogens is 2. The van der Waals surface area contributed by atoms with E-state index in [1.54, 1.807) is 13.2 Å². The lowest BCUT2D eigenvalue weighted by molar-refractivity contribution is -0.123. The van der Waals surface area contributed by atoms with E-state index < -0.39 is 11.9 Å². The molecule has 0 heterocycles. The van der Waals surface area contributed by atoms with E-state index in [0.29, 0.717) is 24.6 Å². The first kappa shape index (κ1) is 20.2. The lowest BCUT2D eigenvalue weighted by atomic mass is 10.0. The maximum Gasteiger partial charge on any atom is 0.253 e. The first-order valence-electron chi connectivity index (χ1n) is 8.07. The molecule has 0 fully saturated rings. The highest BCUT2D eigenvalue weighted by Gasteiger charge is 2.22. The smallest absolute Gasteiger partial charge is 0.253 e. The van der Waals surface area contributed by atoms with Crippen LogP contribution < -0.4 is 10.6 Å². The van der Waals surface area contributed by atoms with Gasteiger partial charge < -0.3 is 15.4 Å². The Kier molecular flexibility index (Phi) is 7.91. The zero-order valence-corrected chi connectivity index (χ0v) is 15.8. The molecule has 2 aromatic carbocycles. The van der Waals surface area contributed by atoms with Gasteiger partial charge in [0.2, 0.25) is 5.91 Å². The van der Waals surface area contributed by atoms with E-state index in [4.69, 9.17) is 27.9 Å². The molecule has 2 N–H and O–H groups in total. The fourth-order valence-electron chi connectivity index (χ4n) is 2.37. The highest BCUT2D eigenvalue weighted by Crippen LogP contribution is 2.21. The number of methoxy groups -OCH3 is 1. The average molecular weight is 395 g/mol. The monoisotopic (exact) mass is 394 g/mol. The third-order valence-corrected chi connectivity index (χ3v) is 4.23. The fraction of sp³-hybridized carbons (Fsp3) is 0.263. The summed E-state index contributed by atoms with van der Waals surface area (Å²) < 4.78 is 4.94. The number of benzene rings is 2. The van der Waals surface area contributed by atoms with E-state index in [1.165, 1.54) is 12.1 Å². The van der Waals surface area contributed by atoms with Crippen LogP contribution in [0.5, 0.6) is 0 Å². The second-order valence-corrected chi connectivity index (χ2v) is 6.47. The Hall–Kier alpha value is -2.08. The predicted molar refractivity (Wildman–Crippen MR) is 103 cm³/mol. The summed E-state index contributed by atoms with van der Waals surface area (Å²) in [7, 11) is 1.55. The van der Waals surface area contributed by atoms with E-state index in [2.05, 4.69) is 10.6 Å². The topological polar surface area (TPSA) is 67.4 Å². The number of hydrogen-bond donors (Lipinski definition) is 2. The number of carbonyl (C=O) groups excluding carboxylic acids is 2. The zero-order valence-electron chi connectivity index (χ0n) is 14.3. The summed E-state index contributed by atoms with van der Waals surface area (Å²) in [6, 6.07) is 13.3. The largest absolute Gasteiger partial charge is 0.383 e. The van der Waals surface area contributed by atoms with Gasteiger partial charge in [0.05, 0.1) is 17.2 Å². The molecule has 0 saturated carbocycles. The number of amides is 2. The van der Waals surface area contributed by atoms with Crippen molar-refractivity contribution in [3.63, 3.8) is 0 Å². The second-order valence-electron chi connectivity index (χ2n) is 5.62. The van der Waals surface area contributed by atoms with Crippen molar-refractivity contribution in [2.24, 2.45) is 0 Å². The SMILES string of the molecule is COCCNC(=O)[C@H](Cc1ccccc1)NC(=O)c1ccc(Cl)cc1Cl. The third-order valence-electron chi connectivity index (χ3n) is 3.69. The van der Waals surface area contributed by atoms with Gasteiger partial charge in [0.15, 0.2) is 0 Å². The Morgan fingerprint density at radius 2 is 1.85 bits per heavy atom. The van der Waals surface area contributed by atoms with Gasteiger partial charge >= 0.3 is 0 Å². The van der Waals surface area contributed by atoms with E-state index in [0.717, 1.165) is 5.56 Å². The Morgan fingerprint density at radius 1 is 1.12 bits per heavy atom. The second kappa shape index (κ2) is 10.2. The molecule has 0 saturated heterocycles. The Bertz CT molecular complexity index is 754. The number of ether oxygens (including phenoxy) is 1. The molecule has 1 atom stereocenters. The summed E-state index contributed by atoms with van der Waals surface area (Å²) in [5.41, 5.74) is 1.20. The van der Waals surface area contributed by atoms with Crippen molar-refractivity contribution in [1.29, 1.82) is 0 Å². The summed E-state index contributed by atoms with van der Waals surface area (Å²) >= 11 is 12.0. The van der Waals surface area contributed by atoms with Crippen molar-refractivity contribution in [2.75, 3.05) is 20.3 Å². The van der Waals surface area contributed by atoms with Crippen molar-refractivity contribution < 1.29 is 14.3 Å². The van der Waals surface area contributed by atoms with Crippen molar-refractivity contribution >= 4 is 35.0 Å². The van der Waals surface area contributed by atoms with Crippen LogP contribution in [0.4, 0.5) is 0 Å². The van der Waals surface area contributed by atoms with Crippen LogP contribution in [0.25, 0.3) is 0 Å². The van der Waals surface area contributed by atoms with Gasteiger partial charge in [-0.2, -0.15) is 0 Å². The number of hydrogen-bond acceptors (Lipinski definition) is 3. The summed E-state index contributed by atoms with van der Waals surface area (Å²) in [6.45, 7) is 0.749. The van der Waals surface area contributed by atoms with Gasteiger partial charge in [-0.05, 0) is 23.8 Å². The van der Waals surface area contributed by atoms with E-state index >= 15 is 0 Å². The molecule has 0 bridgehead atoms. The molecular weight excluding hydrogens is 375 g/mol. The van der Waals surface area contributed by atoms with Crippen molar-refractivity contribution in [3.05, 3.63) is 69.7 Å². The van der Waals surface area contributed by atoms with E-state index in [-0.39, 0.29) is 16.5 Å². The van der Waals surface area contributed by atoms with Gasteiger partial charge in [-0.25, -0.2) is 0 Å². The minimum atomic E-state index is -0.742. The lowest BCUT2D eigenvalue weighted by Gasteiger charge is -2.19. The van der Waals surface area contributed by atoms with Crippen LogP contribution in [-0.2, 0) is 16.0 Å². The molecule has 0 unspecified atom stereocenters. The summed E-state index contributed by atoms with van der Waals surface area (Å²) in [5, 5.41) is 6.17. The molecular formula is C19H20Cl2N2O3. The van der Waals surface area contributed by atoms with E-state index in [1.807, 2.05) is 30.3 Å². The molecule has 0 radical (unpaired) electrons. The average Bonchev–Trinajstić information content (AvgIpc) is 2.62. The number of carbonyl (C=O) groups is 2. The Labute approximate surface area is 162 Å². The van der Waals surface area contributed by atoms with Gasteiger partial charge in [0.25, 0.3) is 5.91 Å². The molecule has 7 heteroatoms. The minimum Gasteiger partial charge on any atom is -0.383 e. The molecule has 138 valence electrons. The standard InChI is InChI=1S/C19H20Cl2N2O3/c1-26-10-9-22-19(25)17(11-13-5-3-2-4-6-13)23-18(24)15-8-7-14(20)12-16(15)21/h2-8,12,17H,9-11H2,1H3,(H,22,25)(H,23,24)/t17-/m0/s1. The summed E-state index contributed by atoms with van der Waals surface area (Å²) in [5.74, 6) is -0.723. The molecule has 0 aliphatic rings. The molecule has 0 aromatic heterocycles. The molecule has 0 aliphatic carbocycles. The molecule has 2 rings (SSSR count). The van der Waals surface area contributed by atoms with E-state index in [9.17, 15) is 9.59 Å². The first-order chi connectivity index (χ1) is 12.5. The summed E-state index contributed by atoms with van der Waals surface area (Å²) in [6.07, 6.45) is 0.358. The Morgan fingerprint density at radius 3 is 2.50 bits per heavy atom. The highest BCUT2D eigenvalue weighted by atomic mass is 35.5. The van der Waals surface area contributed by atoms with Crippen LogP contribution in [0.15, 0.2) is 48.5 Å². The molecule has 0 aliphatic heterocycles. The maximum absolute atomic E-state index is 12.6. The quantitative estimate of drug-likeness (QED) is 0.675. The molecule has 2 aromatic rings. The zero-order chi connectivity index (χ0) is 18.9. The van der Waals surface area contributed by atoms with Crippen LogP contribution in [0.1, 0.15) is 15.9 Å². The summed E-state index contributed by atoms with van der Waals surface area (Å²) in [4.78, 5) is 25.1. The Balaban J connectivity index is 2.14. The molecule has 2 amide bonds. The van der Waals surface area contributed by atoms with Gasteiger partial charge in [-0.15, -0.1) is 0 Å². The molecule has 0 spiro atoms. The van der Waals surface area contributed by atoms with Crippen LogP contribution in [0.2, 0.25) is 10.0 Å². The van der Waals surface area contributed by atoms with Crippen LogP contribution in [0.3, 0.4) is 0 Å². The van der Waals surface area contributed by atoms with Gasteiger partial charge in [-0.3, -0.25) is 9.59 Å². The molecule has 5 nitrogen and oxygen atoms in total. The normalized spacial score (nSPS) is 11.7. The number of nitrogens with one attached hydrogen (secondary N) is 2. The fourth-order valence-corrected chi connectivity index (χ4v) is 2.86. The lowest BCUT2D eigenvalue weighted by Crippen LogP contribution is -2.48. The van der Waals surface area contributed by atoms with Gasteiger partial charge in [0.1, 0.15) is 6.04 Å². The van der Waals surface area contributed by atoms with Crippen molar-refractivity contribution in [3.8, 4) is 0 Å². The predicted octanol–water partition coefficient (Wildman–Crippen LogP) is 3.10. The van der Waals surface area contributed by atoms with Crippen molar-refractivity contribution in [2.45, 2.75) is 12.5 Å². The maximum atomic E-state index is 12.6. The van der Waals surface area contributed by atoms with Crippen molar-refractivity contribution in [1.82, 2.24) is 10.6 Å². The third kappa shape index (κ3) is 6.02. The van der Waals surface area contributed by atoms with Gasteiger partial charge in [0, 0.05) is 25.1 Å². The first-order valence-corrected chi connectivity index (χ1v) is 8.83. The van der Waals surface area contributed by atoms with Crippen LogP contribution >= 0.6 is 23.2 Å².